The first kappa shape index (κ1) is 18.5. The molecule has 2 aliphatic rings. The number of piperidine rings is 1. The van der Waals surface area contributed by atoms with E-state index >= 15 is 0 Å². The van der Waals surface area contributed by atoms with Crippen LogP contribution < -0.4 is 10.2 Å². The molecule has 138 valence electrons. The lowest BCUT2D eigenvalue weighted by atomic mass is 9.74. The molecule has 0 radical (unpaired) electrons. The SMILES string of the molecule is CSCC(=O)N[C@H]1CC(C)(C)Cc2nc(N3CCC(O)CC3)ncc21. The van der Waals surface area contributed by atoms with Gasteiger partial charge in [-0.1, -0.05) is 13.8 Å². The maximum Gasteiger partial charge on any atom is 0.230 e. The summed E-state index contributed by atoms with van der Waals surface area (Å²) in [6.45, 7) is 6.03. The first-order valence-electron chi connectivity index (χ1n) is 8.95. The van der Waals surface area contributed by atoms with Crippen LogP contribution in [0.4, 0.5) is 5.95 Å². The van der Waals surface area contributed by atoms with Gasteiger partial charge in [-0.05, 0) is 37.4 Å². The number of aliphatic hydroxyl groups excluding tert-OH is 1. The van der Waals surface area contributed by atoms with Crippen LogP contribution in [0.25, 0.3) is 0 Å². The first-order valence-corrected chi connectivity index (χ1v) is 10.3. The summed E-state index contributed by atoms with van der Waals surface area (Å²) >= 11 is 1.53. The molecule has 0 saturated carbocycles. The van der Waals surface area contributed by atoms with Crippen LogP contribution in [0.3, 0.4) is 0 Å². The summed E-state index contributed by atoms with van der Waals surface area (Å²) in [5, 5.41) is 12.8. The molecule has 1 fully saturated rings. The number of nitrogens with one attached hydrogen (secondary N) is 1. The molecule has 2 N–H and O–H groups in total. The molecule has 1 aromatic heterocycles. The van der Waals surface area contributed by atoms with Crippen molar-refractivity contribution in [2.45, 2.75) is 51.7 Å². The summed E-state index contributed by atoms with van der Waals surface area (Å²) < 4.78 is 0. The zero-order chi connectivity index (χ0) is 18.0. The van der Waals surface area contributed by atoms with Crippen molar-refractivity contribution in [3.8, 4) is 0 Å². The van der Waals surface area contributed by atoms with E-state index in [9.17, 15) is 9.90 Å². The fourth-order valence-electron chi connectivity index (χ4n) is 3.75. The van der Waals surface area contributed by atoms with Crippen LogP contribution in [-0.2, 0) is 11.2 Å². The number of nitrogens with zero attached hydrogens (tertiary/aromatic N) is 3. The predicted molar refractivity (Wildman–Crippen MR) is 101 cm³/mol. The van der Waals surface area contributed by atoms with Gasteiger partial charge < -0.3 is 15.3 Å². The third-order valence-electron chi connectivity index (χ3n) is 5.02. The first-order chi connectivity index (χ1) is 11.9. The fraction of sp³-hybridized carbons (Fsp3) is 0.722. The van der Waals surface area contributed by atoms with Gasteiger partial charge in [0.05, 0.1) is 23.6 Å². The van der Waals surface area contributed by atoms with Crippen molar-refractivity contribution in [2.75, 3.05) is 30.0 Å². The maximum atomic E-state index is 12.1. The Kier molecular flexibility index (Phi) is 5.53. The molecule has 1 aliphatic carbocycles. The van der Waals surface area contributed by atoms with Crippen LogP contribution in [0, 0.1) is 5.41 Å². The van der Waals surface area contributed by atoms with Crippen LogP contribution in [0.1, 0.15) is 50.4 Å². The molecule has 0 unspecified atom stereocenters. The number of aromatic nitrogens is 2. The molecule has 1 atom stereocenters. The number of rotatable bonds is 4. The van der Waals surface area contributed by atoms with E-state index in [4.69, 9.17) is 4.98 Å². The summed E-state index contributed by atoms with van der Waals surface area (Å²) in [5.74, 6) is 1.29. The predicted octanol–water partition coefficient (Wildman–Crippen LogP) is 1.93. The quantitative estimate of drug-likeness (QED) is 0.850. The van der Waals surface area contributed by atoms with Gasteiger partial charge in [0, 0.05) is 24.8 Å². The molecule has 1 amide bonds. The van der Waals surface area contributed by atoms with Gasteiger partial charge in [-0.15, -0.1) is 0 Å². The second-order valence-electron chi connectivity index (χ2n) is 7.89. The van der Waals surface area contributed by atoms with Gasteiger partial charge >= 0.3 is 0 Å². The van der Waals surface area contributed by atoms with Crippen LogP contribution >= 0.6 is 11.8 Å². The number of aliphatic hydroxyl groups is 1. The zero-order valence-corrected chi connectivity index (χ0v) is 16.1. The summed E-state index contributed by atoms with van der Waals surface area (Å²) in [6.07, 6.45) is 6.94. The van der Waals surface area contributed by atoms with Crippen molar-refractivity contribution < 1.29 is 9.90 Å². The molecule has 3 rings (SSSR count). The van der Waals surface area contributed by atoms with E-state index < -0.39 is 0 Å². The molecule has 2 heterocycles. The Morgan fingerprint density at radius 1 is 1.44 bits per heavy atom. The summed E-state index contributed by atoms with van der Waals surface area (Å²) in [4.78, 5) is 23.6. The van der Waals surface area contributed by atoms with E-state index in [2.05, 4.69) is 29.0 Å². The lowest BCUT2D eigenvalue weighted by Crippen LogP contribution is -2.39. The maximum absolute atomic E-state index is 12.1. The third-order valence-corrected chi connectivity index (χ3v) is 5.57. The van der Waals surface area contributed by atoms with Crippen molar-refractivity contribution in [2.24, 2.45) is 5.41 Å². The zero-order valence-electron chi connectivity index (χ0n) is 15.3. The van der Waals surface area contributed by atoms with Gasteiger partial charge in [0.15, 0.2) is 0 Å². The second-order valence-corrected chi connectivity index (χ2v) is 8.75. The lowest BCUT2D eigenvalue weighted by molar-refractivity contribution is -0.119. The number of thioether (sulfide) groups is 1. The highest BCUT2D eigenvalue weighted by atomic mass is 32.2. The normalized spacial score (nSPS) is 23.2. The van der Waals surface area contributed by atoms with Crippen LogP contribution in [-0.4, -0.2) is 52.2 Å². The van der Waals surface area contributed by atoms with E-state index in [-0.39, 0.29) is 23.5 Å². The minimum absolute atomic E-state index is 0.0179. The van der Waals surface area contributed by atoms with Crippen molar-refractivity contribution in [3.63, 3.8) is 0 Å². The number of hydrogen-bond acceptors (Lipinski definition) is 6. The van der Waals surface area contributed by atoms with Gasteiger partial charge in [0.2, 0.25) is 11.9 Å². The molecule has 1 aromatic rings. The molecule has 1 aliphatic heterocycles. The van der Waals surface area contributed by atoms with E-state index in [1.54, 1.807) is 0 Å². The topological polar surface area (TPSA) is 78.4 Å². The highest BCUT2D eigenvalue weighted by Crippen LogP contribution is 2.40. The molecule has 0 aromatic carbocycles. The van der Waals surface area contributed by atoms with E-state index in [1.807, 2.05) is 12.5 Å². The lowest BCUT2D eigenvalue weighted by Gasteiger charge is -2.37. The number of hydrogen-bond donors (Lipinski definition) is 2. The van der Waals surface area contributed by atoms with Crippen LogP contribution in [0.2, 0.25) is 0 Å². The Morgan fingerprint density at radius 2 is 2.16 bits per heavy atom. The van der Waals surface area contributed by atoms with E-state index in [0.717, 1.165) is 56.0 Å². The Bertz CT molecular complexity index is 630. The van der Waals surface area contributed by atoms with Gasteiger partial charge in [-0.3, -0.25) is 4.79 Å². The Labute approximate surface area is 153 Å². The molecule has 7 heteroatoms. The van der Waals surface area contributed by atoms with Crippen molar-refractivity contribution >= 4 is 23.6 Å². The van der Waals surface area contributed by atoms with Crippen molar-refractivity contribution in [1.29, 1.82) is 0 Å². The van der Waals surface area contributed by atoms with Crippen LogP contribution in [0.15, 0.2) is 6.20 Å². The van der Waals surface area contributed by atoms with Gasteiger partial charge in [-0.25, -0.2) is 9.97 Å². The second kappa shape index (κ2) is 7.50. The molecule has 0 bridgehead atoms. The Morgan fingerprint density at radius 3 is 2.84 bits per heavy atom. The standard InChI is InChI=1S/C18H28N4O2S/c1-18(2)8-14(20-16(24)11-25-3)13-10-19-17(21-15(13)9-18)22-6-4-12(23)5-7-22/h10,12,14,23H,4-9,11H2,1-3H3,(H,20,24)/t14-/m0/s1. The number of carbonyl (C=O) groups is 1. The summed E-state index contributed by atoms with van der Waals surface area (Å²) in [7, 11) is 0. The minimum Gasteiger partial charge on any atom is -0.393 e. The average Bonchev–Trinajstić information content (AvgIpc) is 2.54. The third kappa shape index (κ3) is 4.44. The monoisotopic (exact) mass is 364 g/mol. The molecular formula is C18H28N4O2S. The largest absolute Gasteiger partial charge is 0.393 e. The number of amides is 1. The number of anilines is 1. The number of fused-ring (bicyclic) bond motifs is 1. The van der Waals surface area contributed by atoms with E-state index in [0.29, 0.717) is 5.75 Å². The van der Waals surface area contributed by atoms with Crippen LogP contribution in [0.5, 0.6) is 0 Å². The molecule has 1 saturated heterocycles. The van der Waals surface area contributed by atoms with Gasteiger partial charge in [-0.2, -0.15) is 11.8 Å². The van der Waals surface area contributed by atoms with Gasteiger partial charge in [0.1, 0.15) is 0 Å². The summed E-state index contributed by atoms with van der Waals surface area (Å²) in [6, 6.07) is -0.0179. The van der Waals surface area contributed by atoms with E-state index in [1.165, 1.54) is 11.8 Å². The average molecular weight is 365 g/mol. The number of carbonyl (C=O) groups excluding carboxylic acids is 1. The summed E-state index contributed by atoms with van der Waals surface area (Å²) in [5.41, 5.74) is 2.19. The highest BCUT2D eigenvalue weighted by molar-refractivity contribution is 7.99. The smallest absolute Gasteiger partial charge is 0.230 e. The fourth-order valence-corrected chi connectivity index (χ4v) is 4.10. The molecule has 25 heavy (non-hydrogen) atoms. The minimum atomic E-state index is -0.205. The van der Waals surface area contributed by atoms with Crippen molar-refractivity contribution in [3.05, 3.63) is 17.5 Å². The molecule has 0 spiro atoms. The molecule has 6 nitrogen and oxygen atoms in total. The molecular weight excluding hydrogens is 336 g/mol. The van der Waals surface area contributed by atoms with Gasteiger partial charge in [0.25, 0.3) is 0 Å². The van der Waals surface area contributed by atoms with Crippen molar-refractivity contribution in [1.82, 2.24) is 15.3 Å². The highest BCUT2D eigenvalue weighted by Gasteiger charge is 2.35. The Balaban J connectivity index is 1.82. The Hall–Kier alpha value is -1.34.